The summed E-state index contributed by atoms with van der Waals surface area (Å²) in [6.45, 7) is 2.60. The van der Waals surface area contributed by atoms with E-state index in [2.05, 4.69) is 22.1 Å². The van der Waals surface area contributed by atoms with Crippen LogP contribution in [0.2, 0.25) is 0 Å². The third-order valence-corrected chi connectivity index (χ3v) is 15.7. The molecule has 12 nitrogen and oxygen atoms in total. The number of hydrogen-bond acceptors (Lipinski definition) is 9. The van der Waals surface area contributed by atoms with Crippen molar-refractivity contribution < 1.29 is 38.9 Å². The van der Waals surface area contributed by atoms with E-state index in [1.54, 1.807) is 24.3 Å². The number of imide groups is 1. The molecule has 372 valence electrons. The van der Waals surface area contributed by atoms with Gasteiger partial charge in [-0.1, -0.05) is 147 Å². The summed E-state index contributed by atoms with van der Waals surface area (Å²) in [5, 5.41) is 24.6. The highest BCUT2D eigenvalue weighted by molar-refractivity contribution is 6.24. The fourth-order valence-corrected chi connectivity index (χ4v) is 12.2. The fraction of sp³-hybridized carbons (Fsp3) is 0.400. The number of ether oxygens (including phenoxy) is 2. The molecule has 72 heavy (non-hydrogen) atoms. The Kier molecular flexibility index (Phi) is 14.3. The third-order valence-electron chi connectivity index (χ3n) is 15.7. The van der Waals surface area contributed by atoms with Crippen LogP contribution in [0.1, 0.15) is 135 Å². The number of urea groups is 1. The number of carbonyl (C=O) groups excluding carboxylic acids is 4. The molecule has 3 N–H and O–H groups in total. The molecule has 4 heterocycles. The Bertz CT molecular complexity index is 2800. The lowest BCUT2D eigenvalue weighted by atomic mass is 9.64. The Morgan fingerprint density at radius 1 is 0.750 bits per heavy atom. The molecule has 4 aliphatic heterocycles. The molecule has 1 aliphatic carbocycles. The van der Waals surface area contributed by atoms with Gasteiger partial charge in [-0.3, -0.25) is 19.3 Å². The summed E-state index contributed by atoms with van der Waals surface area (Å²) >= 11 is 0. The van der Waals surface area contributed by atoms with Crippen molar-refractivity contribution in [1.82, 2.24) is 15.1 Å². The summed E-state index contributed by atoms with van der Waals surface area (Å²) in [4.78, 5) is 69.3. The van der Waals surface area contributed by atoms with Gasteiger partial charge in [-0.2, -0.15) is 0 Å². The highest BCUT2D eigenvalue weighted by Gasteiger charge is 2.76. The molecule has 7 unspecified atom stereocenters. The predicted molar refractivity (Wildman–Crippen MR) is 274 cm³/mol. The zero-order chi connectivity index (χ0) is 49.8. The first-order valence-corrected chi connectivity index (χ1v) is 25.9. The van der Waals surface area contributed by atoms with Crippen molar-refractivity contribution >= 4 is 29.5 Å². The van der Waals surface area contributed by atoms with Gasteiger partial charge in [-0.15, -0.1) is 0 Å². The van der Waals surface area contributed by atoms with Crippen LogP contribution in [-0.4, -0.2) is 81.8 Å². The van der Waals surface area contributed by atoms with E-state index < -0.39 is 65.1 Å². The van der Waals surface area contributed by atoms with Crippen LogP contribution in [0.3, 0.4) is 0 Å². The fourth-order valence-electron chi connectivity index (χ4n) is 12.2. The van der Waals surface area contributed by atoms with Gasteiger partial charge in [0.05, 0.1) is 36.3 Å². The smallest absolute Gasteiger partial charge is 0.329 e. The Morgan fingerprint density at radius 2 is 1.36 bits per heavy atom. The second-order valence-corrected chi connectivity index (χ2v) is 20.1. The predicted octanol–water partition coefficient (Wildman–Crippen LogP) is 9.42. The topological polar surface area (TPSA) is 149 Å². The molecular weight excluding hydrogens is 905 g/mol. The number of hydrogen-bond donors (Lipinski definition) is 3. The highest BCUT2D eigenvalue weighted by atomic mass is 16.6. The van der Waals surface area contributed by atoms with E-state index in [1.807, 2.05) is 121 Å². The van der Waals surface area contributed by atoms with Crippen molar-refractivity contribution in [2.45, 2.75) is 119 Å². The van der Waals surface area contributed by atoms with Crippen LogP contribution < -0.4 is 15.0 Å². The molecule has 10 rings (SSSR count). The average molecular weight is 969 g/mol. The maximum Gasteiger partial charge on any atom is 0.329 e. The van der Waals surface area contributed by atoms with Gasteiger partial charge in [0.2, 0.25) is 11.8 Å². The Hall–Kier alpha value is -6.78. The molecule has 5 aromatic carbocycles. The first-order valence-electron chi connectivity index (χ1n) is 25.9. The standard InChI is InChI=1S/C60H64N4O8/c1-41(43-20-10-7-11-21-43)61-58(69)63-49-31-26-42(32-35-59(70)33-16-3-4-17-34-59)40-48(49)60(57(63)68)50(55(66)62-36-18-5-2-6-19-37-62)52-56(67)72-53(45-24-14-9-15-25-45)51(44-22-12-8-13-23-44)64(52)54(60)46-27-29-47(30-28-46)71-39-38-65/h7-15,20-31,40-41,50-54,65,70H,2-6,16-19,33-34,36-39H2,1H3,(H,61,69). The van der Waals surface area contributed by atoms with E-state index in [0.717, 1.165) is 74.5 Å². The minimum Gasteiger partial charge on any atom is -0.491 e. The number of aliphatic hydroxyl groups excluding tert-OH is 1. The van der Waals surface area contributed by atoms with Gasteiger partial charge < -0.3 is 29.9 Å². The molecule has 7 atom stereocenters. The molecule has 4 amide bonds. The number of likely N-dealkylation sites (tertiary alicyclic amines) is 1. The lowest BCUT2D eigenvalue weighted by Crippen LogP contribution is -2.57. The summed E-state index contributed by atoms with van der Waals surface area (Å²) in [7, 11) is 0. The van der Waals surface area contributed by atoms with E-state index in [1.165, 1.54) is 4.90 Å². The minimum atomic E-state index is -1.95. The van der Waals surface area contributed by atoms with E-state index >= 15 is 19.2 Å². The molecule has 0 aromatic heterocycles. The van der Waals surface area contributed by atoms with Gasteiger partial charge in [0.25, 0.3) is 0 Å². The molecule has 0 radical (unpaired) electrons. The molecule has 12 heteroatoms. The number of esters is 1. The van der Waals surface area contributed by atoms with Crippen molar-refractivity contribution in [1.29, 1.82) is 0 Å². The molecule has 4 fully saturated rings. The van der Waals surface area contributed by atoms with E-state index in [4.69, 9.17) is 9.47 Å². The van der Waals surface area contributed by atoms with Gasteiger partial charge in [0.15, 0.2) is 0 Å². The summed E-state index contributed by atoms with van der Waals surface area (Å²) in [5.41, 5.74) is 0.979. The van der Waals surface area contributed by atoms with E-state index in [9.17, 15) is 10.2 Å². The van der Waals surface area contributed by atoms with E-state index in [-0.39, 0.29) is 24.8 Å². The van der Waals surface area contributed by atoms with Crippen LogP contribution in [0.25, 0.3) is 0 Å². The SMILES string of the molecule is CC(NC(=O)N1C(=O)C2(c3cc(C#CC4(O)CCCCCC4)ccc31)C(C(=O)N1CCCCCCC1)C1C(=O)OC(c3ccccc3)C(c3ccccc3)N1C2c1ccc(OCCO)cc1)c1ccccc1. The van der Waals surface area contributed by atoms with Gasteiger partial charge in [-0.25, -0.2) is 9.69 Å². The van der Waals surface area contributed by atoms with Crippen LogP contribution >= 0.6 is 0 Å². The van der Waals surface area contributed by atoms with Gasteiger partial charge in [0, 0.05) is 18.7 Å². The highest BCUT2D eigenvalue weighted by Crippen LogP contribution is 2.66. The number of nitrogens with one attached hydrogen (secondary N) is 1. The normalized spacial score (nSPS) is 25.4. The molecular formula is C60H64N4O8. The largest absolute Gasteiger partial charge is 0.491 e. The maximum atomic E-state index is 16.9. The van der Waals surface area contributed by atoms with Crippen LogP contribution in [0.4, 0.5) is 10.5 Å². The number of rotatable bonds is 9. The van der Waals surface area contributed by atoms with Gasteiger partial charge >= 0.3 is 12.0 Å². The second-order valence-electron chi connectivity index (χ2n) is 20.1. The second kappa shape index (κ2) is 21.1. The molecule has 3 saturated heterocycles. The lowest BCUT2D eigenvalue weighted by molar-refractivity contribution is -0.179. The zero-order valence-corrected chi connectivity index (χ0v) is 41.0. The monoisotopic (exact) mass is 968 g/mol. The number of carbonyl (C=O) groups is 4. The number of morpholine rings is 1. The summed E-state index contributed by atoms with van der Waals surface area (Å²) in [6.07, 6.45) is 8.37. The number of nitrogens with zero attached hydrogens (tertiary/aromatic N) is 3. The van der Waals surface area contributed by atoms with Crippen molar-refractivity contribution in [2.24, 2.45) is 5.92 Å². The first kappa shape index (κ1) is 48.8. The van der Waals surface area contributed by atoms with E-state index in [0.29, 0.717) is 48.4 Å². The summed E-state index contributed by atoms with van der Waals surface area (Å²) < 4.78 is 12.6. The Labute approximate surface area is 422 Å². The van der Waals surface area contributed by atoms with Crippen LogP contribution in [0.5, 0.6) is 5.75 Å². The summed E-state index contributed by atoms with van der Waals surface area (Å²) in [6, 6.07) is 37.1. The van der Waals surface area contributed by atoms with Crippen molar-refractivity contribution in [2.75, 3.05) is 31.2 Å². The first-order chi connectivity index (χ1) is 35.1. The number of cyclic esters (lactones) is 1. The Morgan fingerprint density at radius 3 is 2.01 bits per heavy atom. The van der Waals surface area contributed by atoms with Crippen LogP contribution in [0.15, 0.2) is 133 Å². The number of aliphatic hydroxyl groups is 2. The van der Waals surface area contributed by atoms with Crippen LogP contribution in [0, 0.1) is 17.8 Å². The maximum absolute atomic E-state index is 16.9. The van der Waals surface area contributed by atoms with Gasteiger partial charge in [0.1, 0.15) is 35.5 Å². The number of amides is 4. The van der Waals surface area contributed by atoms with Crippen LogP contribution in [-0.2, 0) is 24.5 Å². The average Bonchev–Trinajstić information content (AvgIpc) is 3.73. The number of fused-ring (bicyclic) bond motifs is 3. The zero-order valence-electron chi connectivity index (χ0n) is 41.0. The quantitative estimate of drug-likeness (QED) is 0.0747. The molecule has 0 bridgehead atoms. The van der Waals surface area contributed by atoms with Crippen molar-refractivity contribution in [3.05, 3.63) is 167 Å². The van der Waals surface area contributed by atoms with Gasteiger partial charge in [-0.05, 0) is 104 Å². The molecule has 1 saturated carbocycles. The number of anilines is 1. The van der Waals surface area contributed by atoms with Crippen molar-refractivity contribution in [3.63, 3.8) is 0 Å². The third kappa shape index (κ3) is 9.19. The number of benzene rings is 5. The molecule has 5 aliphatic rings. The lowest BCUT2D eigenvalue weighted by Gasteiger charge is -2.46. The summed E-state index contributed by atoms with van der Waals surface area (Å²) in [5.74, 6) is 3.96. The van der Waals surface area contributed by atoms with Crippen molar-refractivity contribution in [3.8, 4) is 17.6 Å². The molecule has 5 aromatic rings. The Balaban J connectivity index is 1.26. The molecule has 1 spiro atoms. The minimum absolute atomic E-state index is 0.0598.